The number of hydrogen-bond acceptors (Lipinski definition) is 3. The third-order valence-corrected chi connectivity index (χ3v) is 3.70. The molecule has 0 bridgehead atoms. The molecule has 1 rings (SSSR count). The first kappa shape index (κ1) is 13.9. The van der Waals surface area contributed by atoms with Gasteiger partial charge >= 0.3 is 0 Å². The second-order valence-electron chi connectivity index (χ2n) is 5.09. The molecule has 0 aromatic rings. The first-order chi connectivity index (χ1) is 7.71. The molecule has 1 aliphatic heterocycles. The molecule has 1 N–H and O–H groups in total. The highest BCUT2D eigenvalue weighted by atomic mass is 15.2. The van der Waals surface area contributed by atoms with Crippen molar-refractivity contribution >= 4 is 0 Å². The van der Waals surface area contributed by atoms with Crippen molar-refractivity contribution < 1.29 is 0 Å². The van der Waals surface area contributed by atoms with Crippen LogP contribution in [0.1, 0.15) is 27.2 Å². The molecule has 3 heteroatoms. The highest BCUT2D eigenvalue weighted by Gasteiger charge is 2.26. The van der Waals surface area contributed by atoms with Crippen molar-refractivity contribution in [1.82, 2.24) is 15.1 Å². The Bertz CT molecular complexity index is 180. The second kappa shape index (κ2) is 7.25. The van der Waals surface area contributed by atoms with Crippen molar-refractivity contribution in [2.75, 3.05) is 46.3 Å². The maximum Gasteiger partial charge on any atom is 0.0235 e. The molecular weight excluding hydrogens is 198 g/mol. The summed E-state index contributed by atoms with van der Waals surface area (Å²) in [6.45, 7) is 14.2. The lowest BCUT2D eigenvalue weighted by Gasteiger charge is -2.27. The molecule has 16 heavy (non-hydrogen) atoms. The molecule has 0 aliphatic carbocycles. The standard InChI is InChI=1S/C13H29N3/c1-5-16(6-2)13-7-8-15(11-13)10-12(3)9-14-4/h12-14H,5-11H2,1-4H3. The van der Waals surface area contributed by atoms with Gasteiger partial charge in [0.05, 0.1) is 0 Å². The summed E-state index contributed by atoms with van der Waals surface area (Å²) < 4.78 is 0. The zero-order valence-corrected chi connectivity index (χ0v) is 11.5. The molecule has 0 aromatic carbocycles. The monoisotopic (exact) mass is 227 g/mol. The minimum absolute atomic E-state index is 0.764. The Balaban J connectivity index is 2.29. The predicted octanol–water partition coefficient (Wildman–Crippen LogP) is 1.26. The van der Waals surface area contributed by atoms with Gasteiger partial charge in [0, 0.05) is 19.1 Å². The molecule has 96 valence electrons. The minimum atomic E-state index is 0.764. The summed E-state index contributed by atoms with van der Waals surface area (Å²) in [5, 5.41) is 3.26. The van der Waals surface area contributed by atoms with Gasteiger partial charge in [0.15, 0.2) is 0 Å². The molecular formula is C13H29N3. The summed E-state index contributed by atoms with van der Waals surface area (Å²) in [6, 6.07) is 0.803. The minimum Gasteiger partial charge on any atom is -0.319 e. The van der Waals surface area contributed by atoms with Crippen molar-refractivity contribution in [3.63, 3.8) is 0 Å². The molecule has 0 saturated carbocycles. The van der Waals surface area contributed by atoms with E-state index in [-0.39, 0.29) is 0 Å². The summed E-state index contributed by atoms with van der Waals surface area (Å²) >= 11 is 0. The molecule has 2 unspecified atom stereocenters. The van der Waals surface area contributed by atoms with Crippen LogP contribution in [0.4, 0.5) is 0 Å². The Morgan fingerprint density at radius 3 is 2.62 bits per heavy atom. The van der Waals surface area contributed by atoms with Crippen LogP contribution in [-0.2, 0) is 0 Å². The summed E-state index contributed by atoms with van der Waals surface area (Å²) in [6.07, 6.45) is 1.36. The third kappa shape index (κ3) is 4.04. The molecule has 0 amide bonds. The van der Waals surface area contributed by atoms with Crippen LogP contribution in [0.2, 0.25) is 0 Å². The Hall–Kier alpha value is -0.120. The van der Waals surface area contributed by atoms with Crippen LogP contribution >= 0.6 is 0 Å². The summed E-state index contributed by atoms with van der Waals surface area (Å²) in [5.41, 5.74) is 0. The van der Waals surface area contributed by atoms with Gasteiger partial charge in [-0.25, -0.2) is 0 Å². The molecule has 0 spiro atoms. The Morgan fingerprint density at radius 1 is 1.38 bits per heavy atom. The van der Waals surface area contributed by atoms with Gasteiger partial charge in [-0.05, 0) is 45.6 Å². The fraction of sp³-hybridized carbons (Fsp3) is 1.00. The maximum atomic E-state index is 3.26. The number of rotatable bonds is 7. The molecule has 3 nitrogen and oxygen atoms in total. The van der Waals surface area contributed by atoms with Gasteiger partial charge in [-0.15, -0.1) is 0 Å². The number of nitrogens with one attached hydrogen (secondary N) is 1. The lowest BCUT2D eigenvalue weighted by atomic mass is 10.1. The van der Waals surface area contributed by atoms with Gasteiger partial charge in [0.25, 0.3) is 0 Å². The Labute approximate surface area is 101 Å². The van der Waals surface area contributed by atoms with E-state index in [2.05, 4.69) is 35.9 Å². The van der Waals surface area contributed by atoms with Crippen LogP contribution in [0.25, 0.3) is 0 Å². The Kier molecular flexibility index (Phi) is 6.32. The van der Waals surface area contributed by atoms with Gasteiger partial charge in [0.2, 0.25) is 0 Å². The molecule has 1 fully saturated rings. The maximum absolute atomic E-state index is 3.26. The molecule has 2 atom stereocenters. The first-order valence-electron chi connectivity index (χ1n) is 6.82. The van der Waals surface area contributed by atoms with Crippen molar-refractivity contribution in [2.45, 2.75) is 33.2 Å². The van der Waals surface area contributed by atoms with E-state index in [4.69, 9.17) is 0 Å². The number of likely N-dealkylation sites (tertiary alicyclic amines) is 1. The van der Waals surface area contributed by atoms with Crippen LogP contribution in [0.15, 0.2) is 0 Å². The fourth-order valence-corrected chi connectivity index (χ4v) is 2.87. The van der Waals surface area contributed by atoms with Gasteiger partial charge in [-0.1, -0.05) is 20.8 Å². The normalized spacial score (nSPS) is 24.2. The fourth-order valence-electron chi connectivity index (χ4n) is 2.87. The lowest BCUT2D eigenvalue weighted by Crippen LogP contribution is -2.38. The van der Waals surface area contributed by atoms with E-state index < -0.39 is 0 Å². The summed E-state index contributed by atoms with van der Waals surface area (Å²) in [5.74, 6) is 0.764. The van der Waals surface area contributed by atoms with E-state index in [1.54, 1.807) is 0 Å². The summed E-state index contributed by atoms with van der Waals surface area (Å²) in [7, 11) is 2.04. The van der Waals surface area contributed by atoms with Gasteiger partial charge in [0.1, 0.15) is 0 Å². The van der Waals surface area contributed by atoms with E-state index >= 15 is 0 Å². The van der Waals surface area contributed by atoms with E-state index in [1.807, 2.05) is 7.05 Å². The van der Waals surface area contributed by atoms with Crippen LogP contribution < -0.4 is 5.32 Å². The largest absolute Gasteiger partial charge is 0.319 e. The lowest BCUT2D eigenvalue weighted by molar-refractivity contribution is 0.203. The highest BCUT2D eigenvalue weighted by Crippen LogP contribution is 2.16. The van der Waals surface area contributed by atoms with E-state index in [0.717, 1.165) is 18.5 Å². The van der Waals surface area contributed by atoms with Crippen LogP contribution in [0, 0.1) is 5.92 Å². The first-order valence-corrected chi connectivity index (χ1v) is 6.82. The zero-order valence-electron chi connectivity index (χ0n) is 11.5. The van der Waals surface area contributed by atoms with Crippen molar-refractivity contribution in [3.05, 3.63) is 0 Å². The molecule has 0 radical (unpaired) electrons. The average Bonchev–Trinajstić information content (AvgIpc) is 2.68. The Morgan fingerprint density at radius 2 is 2.06 bits per heavy atom. The van der Waals surface area contributed by atoms with Gasteiger partial charge in [-0.3, -0.25) is 4.90 Å². The highest BCUT2D eigenvalue weighted by molar-refractivity contribution is 4.83. The van der Waals surface area contributed by atoms with Crippen LogP contribution in [-0.4, -0.2) is 62.2 Å². The number of hydrogen-bond donors (Lipinski definition) is 1. The average molecular weight is 227 g/mol. The molecule has 1 saturated heterocycles. The zero-order chi connectivity index (χ0) is 12.0. The van der Waals surface area contributed by atoms with Crippen molar-refractivity contribution in [1.29, 1.82) is 0 Å². The van der Waals surface area contributed by atoms with Crippen molar-refractivity contribution in [2.24, 2.45) is 5.92 Å². The quantitative estimate of drug-likeness (QED) is 0.706. The van der Waals surface area contributed by atoms with E-state index in [0.29, 0.717) is 0 Å². The molecule has 1 heterocycles. The van der Waals surface area contributed by atoms with E-state index in [1.165, 1.54) is 39.1 Å². The SMILES string of the molecule is CCN(CC)C1CCN(CC(C)CNC)C1. The van der Waals surface area contributed by atoms with Crippen molar-refractivity contribution in [3.8, 4) is 0 Å². The van der Waals surface area contributed by atoms with Gasteiger partial charge in [-0.2, -0.15) is 0 Å². The van der Waals surface area contributed by atoms with Crippen LogP contribution in [0.5, 0.6) is 0 Å². The van der Waals surface area contributed by atoms with Crippen LogP contribution in [0.3, 0.4) is 0 Å². The number of likely N-dealkylation sites (N-methyl/N-ethyl adjacent to an activating group) is 1. The topological polar surface area (TPSA) is 18.5 Å². The second-order valence-corrected chi connectivity index (χ2v) is 5.09. The van der Waals surface area contributed by atoms with E-state index in [9.17, 15) is 0 Å². The number of nitrogens with zero attached hydrogens (tertiary/aromatic N) is 2. The summed E-state index contributed by atoms with van der Waals surface area (Å²) in [4.78, 5) is 5.23. The van der Waals surface area contributed by atoms with Gasteiger partial charge < -0.3 is 10.2 Å². The molecule has 1 aliphatic rings. The molecule has 0 aromatic heterocycles. The predicted molar refractivity (Wildman–Crippen MR) is 70.9 cm³/mol. The third-order valence-electron chi connectivity index (χ3n) is 3.70. The smallest absolute Gasteiger partial charge is 0.0235 e.